The fourth-order valence-corrected chi connectivity index (χ4v) is 4.44. The van der Waals surface area contributed by atoms with Crippen LogP contribution in [0.3, 0.4) is 0 Å². The van der Waals surface area contributed by atoms with Gasteiger partial charge in [-0.3, -0.25) is 38.4 Å². The third kappa shape index (κ3) is 17.5. The van der Waals surface area contributed by atoms with Gasteiger partial charge in [-0.25, -0.2) is 0 Å². The summed E-state index contributed by atoms with van der Waals surface area (Å²) in [5.74, 6) is -4.57. The molecule has 0 aliphatic rings. The van der Waals surface area contributed by atoms with E-state index < -0.39 is 90.9 Å². The van der Waals surface area contributed by atoms with Gasteiger partial charge in [0.1, 0.15) is 36.9 Å². The molecule has 5 atom stereocenters. The number of rotatable bonds is 22. The first-order chi connectivity index (χ1) is 21.7. The highest BCUT2D eigenvalue weighted by atomic mass is 32.2. The summed E-state index contributed by atoms with van der Waals surface area (Å²) in [5.41, 5.74) is 0. The number of hydrogen-bond acceptors (Lipinski definition) is 12. The molecular weight excluding hydrogens is 628 g/mol. The number of aliphatic hydroxyl groups is 1. The molecule has 0 heterocycles. The van der Waals surface area contributed by atoms with Crippen molar-refractivity contribution in [3.63, 3.8) is 0 Å². The van der Waals surface area contributed by atoms with Crippen molar-refractivity contribution in [2.75, 3.05) is 31.4 Å². The Morgan fingerprint density at radius 2 is 1.30 bits per heavy atom. The largest absolute Gasteiger partial charge is 0.462 e. The third-order valence-electron chi connectivity index (χ3n) is 6.06. The molecule has 0 aliphatic carbocycles. The number of hydrogen-bond donors (Lipinski definition) is 7. The summed E-state index contributed by atoms with van der Waals surface area (Å²) in [7, 11) is 0. The second kappa shape index (κ2) is 23.4. The van der Waals surface area contributed by atoms with E-state index in [2.05, 4.69) is 31.9 Å². The van der Waals surface area contributed by atoms with Gasteiger partial charge in [-0.15, -0.1) is 0 Å². The molecule has 0 rings (SSSR count). The zero-order valence-corrected chi connectivity index (χ0v) is 28.0. The van der Waals surface area contributed by atoms with Crippen molar-refractivity contribution >= 4 is 59.1 Å². The molecule has 0 spiro atoms. The van der Waals surface area contributed by atoms with Crippen LogP contribution in [0.4, 0.5) is 0 Å². The van der Waals surface area contributed by atoms with Crippen molar-refractivity contribution in [2.45, 2.75) is 97.5 Å². The number of aliphatic hydroxyl groups excluding tert-OH is 1. The zero-order chi connectivity index (χ0) is 35.2. The maximum Gasteiger partial charge on any atom is 0.305 e. The lowest BCUT2D eigenvalue weighted by atomic mass is 10.2. The van der Waals surface area contributed by atoms with E-state index in [4.69, 9.17) is 9.47 Å². The third-order valence-corrected chi connectivity index (χ3v) is 7.24. The van der Waals surface area contributed by atoms with Gasteiger partial charge in [-0.1, -0.05) is 27.7 Å². The van der Waals surface area contributed by atoms with Crippen LogP contribution in [0.15, 0.2) is 0 Å². The van der Waals surface area contributed by atoms with Gasteiger partial charge in [-0.05, 0) is 13.3 Å². The molecule has 0 radical (unpaired) electrons. The van der Waals surface area contributed by atoms with Crippen LogP contribution in [0, 0.1) is 0 Å². The lowest BCUT2D eigenvalue weighted by Gasteiger charge is -2.23. The molecule has 0 saturated heterocycles. The van der Waals surface area contributed by atoms with E-state index in [1.807, 2.05) is 0 Å². The summed E-state index contributed by atoms with van der Waals surface area (Å²) in [6.45, 7) is 7.75. The van der Waals surface area contributed by atoms with E-state index in [1.165, 1.54) is 13.8 Å². The predicted molar refractivity (Wildman–Crippen MR) is 167 cm³/mol. The number of carbonyl (C=O) groups is 8. The van der Waals surface area contributed by atoms with E-state index in [0.717, 1.165) is 11.8 Å². The number of esters is 2. The maximum atomic E-state index is 13.0. The minimum absolute atomic E-state index is 0.0142. The second-order valence-electron chi connectivity index (χ2n) is 9.91. The van der Waals surface area contributed by atoms with Gasteiger partial charge in [-0.2, -0.15) is 11.8 Å². The molecule has 0 aliphatic heterocycles. The summed E-state index contributed by atoms with van der Waals surface area (Å²) >= 11 is 1.13. The highest BCUT2D eigenvalue weighted by Gasteiger charge is 2.28. The SMILES string of the molecule is CCC(=O)NC(CSCC(COC(=O)CC)OC(=O)CC)C(=O)NC(CO)C(=O)NCNC(=O)C(C)NC(=O)C(CC)NC(C)=O. The van der Waals surface area contributed by atoms with Gasteiger partial charge in [0.05, 0.1) is 13.3 Å². The number of nitrogens with one attached hydrogen (secondary N) is 6. The quantitative estimate of drug-likeness (QED) is 0.0485. The highest BCUT2D eigenvalue weighted by molar-refractivity contribution is 7.99. The lowest BCUT2D eigenvalue weighted by molar-refractivity contribution is -0.157. The molecule has 46 heavy (non-hydrogen) atoms. The van der Waals surface area contributed by atoms with Gasteiger partial charge >= 0.3 is 11.9 Å². The first-order valence-electron chi connectivity index (χ1n) is 15.0. The average molecular weight is 677 g/mol. The van der Waals surface area contributed by atoms with Gasteiger partial charge in [0, 0.05) is 37.7 Å². The monoisotopic (exact) mass is 676 g/mol. The van der Waals surface area contributed by atoms with Crippen molar-refractivity contribution in [3.8, 4) is 0 Å². The van der Waals surface area contributed by atoms with E-state index in [-0.39, 0.29) is 37.4 Å². The maximum absolute atomic E-state index is 13.0. The van der Waals surface area contributed by atoms with Crippen LogP contribution in [0.2, 0.25) is 0 Å². The minimum atomic E-state index is -1.44. The van der Waals surface area contributed by atoms with Crippen molar-refractivity contribution < 1.29 is 52.9 Å². The topological polar surface area (TPSA) is 247 Å². The molecule has 18 heteroatoms. The Balaban J connectivity index is 5.14. The fourth-order valence-electron chi connectivity index (χ4n) is 3.41. The Kier molecular flexibility index (Phi) is 21.4. The summed E-state index contributed by atoms with van der Waals surface area (Å²) in [6.07, 6.45) is -0.199. The molecule has 262 valence electrons. The van der Waals surface area contributed by atoms with Gasteiger partial charge in [0.25, 0.3) is 0 Å². The van der Waals surface area contributed by atoms with Crippen LogP contribution in [-0.4, -0.2) is 114 Å². The number of thioether (sulfide) groups is 1. The highest BCUT2D eigenvalue weighted by Crippen LogP contribution is 2.11. The number of carbonyl (C=O) groups excluding carboxylic acids is 8. The molecule has 6 amide bonds. The standard InChI is InChI=1S/C28H48N6O11S/c1-7-19(32-17(6)36)27(42)31-16(5)25(40)29-15-30-26(41)20(11-35)34-28(43)21(33-22(37)8-2)14-46-13-18(45-24(39)10-4)12-44-23(38)9-3/h16,18-21,35H,7-15H2,1-6H3,(H,29,40)(H,30,41)(H,31,42)(H,32,36)(H,33,37)(H,34,43). The Hall–Kier alpha value is -3.93. The first kappa shape index (κ1) is 42.1. The lowest BCUT2D eigenvalue weighted by Crippen LogP contribution is -2.57. The number of ether oxygens (including phenoxy) is 2. The molecule has 0 aromatic rings. The Morgan fingerprint density at radius 3 is 1.85 bits per heavy atom. The molecule has 0 aromatic heterocycles. The van der Waals surface area contributed by atoms with E-state index in [0.29, 0.717) is 6.42 Å². The van der Waals surface area contributed by atoms with Gasteiger partial charge in [0.2, 0.25) is 35.4 Å². The van der Waals surface area contributed by atoms with Crippen LogP contribution in [0.25, 0.3) is 0 Å². The second-order valence-corrected chi connectivity index (χ2v) is 11.0. The van der Waals surface area contributed by atoms with E-state index in [9.17, 15) is 43.5 Å². The number of amides is 6. The minimum Gasteiger partial charge on any atom is -0.462 e. The molecule has 0 fully saturated rings. The van der Waals surface area contributed by atoms with Crippen molar-refractivity contribution in [1.29, 1.82) is 0 Å². The van der Waals surface area contributed by atoms with Crippen LogP contribution in [-0.2, 0) is 47.8 Å². The van der Waals surface area contributed by atoms with Crippen molar-refractivity contribution in [2.24, 2.45) is 0 Å². The zero-order valence-electron chi connectivity index (χ0n) is 27.2. The van der Waals surface area contributed by atoms with Crippen LogP contribution in [0.1, 0.15) is 67.2 Å². The van der Waals surface area contributed by atoms with Crippen LogP contribution < -0.4 is 31.9 Å². The Bertz CT molecular complexity index is 1060. The van der Waals surface area contributed by atoms with Gasteiger partial charge < -0.3 is 46.5 Å². The molecule has 0 saturated carbocycles. The van der Waals surface area contributed by atoms with Gasteiger partial charge in [0.15, 0.2) is 0 Å². The van der Waals surface area contributed by atoms with Crippen LogP contribution >= 0.6 is 11.8 Å². The van der Waals surface area contributed by atoms with E-state index in [1.54, 1.807) is 27.7 Å². The first-order valence-corrected chi connectivity index (χ1v) is 16.1. The summed E-state index contributed by atoms with van der Waals surface area (Å²) in [5, 5.41) is 24.3. The molecular formula is C28H48N6O11S. The van der Waals surface area contributed by atoms with E-state index >= 15 is 0 Å². The molecule has 17 nitrogen and oxygen atoms in total. The predicted octanol–water partition coefficient (Wildman–Crippen LogP) is -2.02. The van der Waals surface area contributed by atoms with Crippen LogP contribution in [0.5, 0.6) is 0 Å². The molecule has 7 N–H and O–H groups in total. The molecule has 5 unspecified atom stereocenters. The van der Waals surface area contributed by atoms with Crippen molar-refractivity contribution in [3.05, 3.63) is 0 Å². The summed E-state index contributed by atoms with van der Waals surface area (Å²) < 4.78 is 10.4. The summed E-state index contributed by atoms with van der Waals surface area (Å²) in [4.78, 5) is 97.0. The Morgan fingerprint density at radius 1 is 0.696 bits per heavy atom. The molecule has 0 bridgehead atoms. The summed E-state index contributed by atoms with van der Waals surface area (Å²) in [6, 6.07) is -4.42. The normalized spacial score (nSPS) is 13.8. The fraction of sp³-hybridized carbons (Fsp3) is 0.714. The average Bonchev–Trinajstić information content (AvgIpc) is 3.03. The molecule has 0 aromatic carbocycles. The smallest absolute Gasteiger partial charge is 0.305 e. The Labute approximate surface area is 272 Å². The van der Waals surface area contributed by atoms with Crippen molar-refractivity contribution in [1.82, 2.24) is 31.9 Å².